The number of carbonyl (C=O) groups excluding carboxylic acids is 1. The van der Waals surface area contributed by atoms with Gasteiger partial charge in [-0.3, -0.25) is 4.79 Å². The van der Waals surface area contributed by atoms with Gasteiger partial charge >= 0.3 is 0 Å². The zero-order chi connectivity index (χ0) is 8.10. The highest BCUT2D eigenvalue weighted by molar-refractivity contribution is 5.84. The fraction of sp³-hybridized carbons (Fsp3) is 0.500. The molecular formula is C6H9N3O2. The minimum Gasteiger partial charge on any atom is -0.395 e. The zero-order valence-electron chi connectivity index (χ0n) is 5.90. The van der Waals surface area contributed by atoms with Crippen molar-refractivity contribution in [1.29, 1.82) is 0 Å². The Morgan fingerprint density at radius 3 is 3.09 bits per heavy atom. The molecule has 0 aromatic carbocycles. The molecule has 1 aliphatic rings. The molecule has 1 rings (SSSR count). The summed E-state index contributed by atoms with van der Waals surface area (Å²) in [5.41, 5.74) is 0. The molecule has 2 N–H and O–H groups in total. The van der Waals surface area contributed by atoms with Gasteiger partial charge < -0.3 is 10.4 Å². The van der Waals surface area contributed by atoms with Crippen molar-refractivity contribution in [2.75, 3.05) is 13.2 Å². The molecule has 1 atom stereocenters. The van der Waals surface area contributed by atoms with E-state index in [1.807, 2.05) is 0 Å². The first-order valence-electron chi connectivity index (χ1n) is 3.30. The predicted octanol–water partition coefficient (Wildman–Crippen LogP) is -0.557. The third-order valence-corrected chi connectivity index (χ3v) is 1.21. The number of rotatable bonds is 3. The summed E-state index contributed by atoms with van der Waals surface area (Å²) in [6.45, 7) is 0.206. The summed E-state index contributed by atoms with van der Waals surface area (Å²) in [6, 6.07) is -0.499. The molecule has 11 heavy (non-hydrogen) atoms. The fourth-order valence-electron chi connectivity index (χ4n) is 0.692. The maximum Gasteiger partial charge on any atom is 0.250 e. The Bertz CT molecular complexity index is 188. The molecule has 0 bridgehead atoms. The fourth-order valence-corrected chi connectivity index (χ4v) is 0.692. The van der Waals surface area contributed by atoms with Crippen molar-refractivity contribution in [2.45, 2.75) is 6.04 Å². The van der Waals surface area contributed by atoms with Crippen LogP contribution in [-0.2, 0) is 4.79 Å². The van der Waals surface area contributed by atoms with Crippen molar-refractivity contribution in [2.24, 2.45) is 10.2 Å². The van der Waals surface area contributed by atoms with Crippen LogP contribution in [-0.4, -0.2) is 30.2 Å². The molecule has 60 valence electrons. The third kappa shape index (κ3) is 2.12. The molecule has 0 saturated heterocycles. The average molecular weight is 155 g/mol. The Balaban J connectivity index is 2.30. The number of aliphatic hydroxyl groups excluding tert-OH is 1. The molecule has 1 amide bonds. The minimum absolute atomic E-state index is 0.0562. The maximum atomic E-state index is 11.0. The van der Waals surface area contributed by atoms with Crippen molar-refractivity contribution in [3.63, 3.8) is 0 Å². The van der Waals surface area contributed by atoms with E-state index in [4.69, 9.17) is 5.11 Å². The van der Waals surface area contributed by atoms with Crippen molar-refractivity contribution in [3.05, 3.63) is 12.3 Å². The van der Waals surface area contributed by atoms with E-state index in [1.54, 1.807) is 6.08 Å². The van der Waals surface area contributed by atoms with Gasteiger partial charge in [-0.1, -0.05) is 0 Å². The number of aliphatic hydroxyl groups is 1. The van der Waals surface area contributed by atoms with E-state index in [0.29, 0.717) is 0 Å². The molecule has 0 aromatic rings. The van der Waals surface area contributed by atoms with Crippen LogP contribution >= 0.6 is 0 Å². The molecule has 0 aliphatic carbocycles. The van der Waals surface area contributed by atoms with E-state index in [1.165, 1.54) is 6.20 Å². The molecule has 5 heteroatoms. The second-order valence-electron chi connectivity index (χ2n) is 2.03. The van der Waals surface area contributed by atoms with Crippen LogP contribution in [0.4, 0.5) is 0 Å². The predicted molar refractivity (Wildman–Crippen MR) is 37.9 cm³/mol. The second kappa shape index (κ2) is 3.82. The highest BCUT2D eigenvalue weighted by Crippen LogP contribution is 2.02. The number of hydrogen-bond donors (Lipinski definition) is 2. The minimum atomic E-state index is -0.499. The van der Waals surface area contributed by atoms with Crippen molar-refractivity contribution >= 4 is 5.91 Å². The van der Waals surface area contributed by atoms with Gasteiger partial charge in [0.2, 0.25) is 0 Å². The molecule has 0 radical (unpaired) electrons. The summed E-state index contributed by atoms with van der Waals surface area (Å²) in [5, 5.41) is 18.0. The monoisotopic (exact) mass is 155 g/mol. The van der Waals surface area contributed by atoms with Crippen LogP contribution in [0.1, 0.15) is 0 Å². The summed E-state index contributed by atoms with van der Waals surface area (Å²) in [6.07, 6.45) is 3.07. The van der Waals surface area contributed by atoms with Crippen LogP contribution in [0.3, 0.4) is 0 Å². The smallest absolute Gasteiger partial charge is 0.250 e. The van der Waals surface area contributed by atoms with Crippen LogP contribution in [0, 0.1) is 0 Å². The summed E-state index contributed by atoms with van der Waals surface area (Å²) >= 11 is 0. The molecule has 0 unspecified atom stereocenters. The lowest BCUT2D eigenvalue weighted by molar-refractivity contribution is -0.121. The first-order chi connectivity index (χ1) is 5.34. The van der Waals surface area contributed by atoms with Crippen LogP contribution in [0.15, 0.2) is 22.5 Å². The number of nitrogens with zero attached hydrogens (tertiary/aromatic N) is 2. The maximum absolute atomic E-state index is 11.0. The molecule has 1 heterocycles. The van der Waals surface area contributed by atoms with E-state index in [2.05, 4.69) is 15.5 Å². The Labute approximate surface area is 63.8 Å². The topological polar surface area (TPSA) is 74.0 Å². The molecule has 0 aromatic heterocycles. The first-order valence-corrected chi connectivity index (χ1v) is 3.30. The van der Waals surface area contributed by atoms with Gasteiger partial charge in [0.25, 0.3) is 5.91 Å². The lowest BCUT2D eigenvalue weighted by atomic mass is 10.3. The third-order valence-electron chi connectivity index (χ3n) is 1.21. The summed E-state index contributed by atoms with van der Waals surface area (Å²) < 4.78 is 0. The van der Waals surface area contributed by atoms with Crippen molar-refractivity contribution < 1.29 is 9.90 Å². The van der Waals surface area contributed by atoms with E-state index in [0.717, 1.165) is 0 Å². The van der Waals surface area contributed by atoms with Crippen LogP contribution in [0.5, 0.6) is 0 Å². The van der Waals surface area contributed by atoms with E-state index in [-0.39, 0.29) is 19.1 Å². The Morgan fingerprint density at radius 2 is 2.55 bits per heavy atom. The number of carbonyl (C=O) groups is 1. The van der Waals surface area contributed by atoms with E-state index >= 15 is 0 Å². The van der Waals surface area contributed by atoms with Crippen molar-refractivity contribution in [1.82, 2.24) is 5.32 Å². The highest BCUT2D eigenvalue weighted by atomic mass is 16.3. The number of nitrogens with one attached hydrogen (secondary N) is 1. The highest BCUT2D eigenvalue weighted by Gasteiger charge is 2.15. The van der Waals surface area contributed by atoms with Crippen molar-refractivity contribution in [3.8, 4) is 0 Å². The Morgan fingerprint density at radius 1 is 1.73 bits per heavy atom. The number of azo groups is 1. The van der Waals surface area contributed by atoms with Gasteiger partial charge in [0.1, 0.15) is 0 Å². The molecule has 0 saturated carbocycles. The van der Waals surface area contributed by atoms with Gasteiger partial charge in [-0.25, -0.2) is 0 Å². The Hall–Kier alpha value is -1.23. The van der Waals surface area contributed by atoms with Gasteiger partial charge in [0, 0.05) is 12.7 Å². The van der Waals surface area contributed by atoms with E-state index < -0.39 is 6.04 Å². The summed E-state index contributed by atoms with van der Waals surface area (Å²) in [5.74, 6) is -0.225. The largest absolute Gasteiger partial charge is 0.395 e. The van der Waals surface area contributed by atoms with Gasteiger partial charge in [0.15, 0.2) is 6.04 Å². The van der Waals surface area contributed by atoms with Crippen LogP contribution in [0.2, 0.25) is 0 Å². The van der Waals surface area contributed by atoms with E-state index in [9.17, 15) is 4.79 Å². The lowest BCUT2D eigenvalue weighted by Crippen LogP contribution is -2.33. The Kier molecular flexibility index (Phi) is 2.74. The molecular weight excluding hydrogens is 146 g/mol. The average Bonchev–Trinajstić information content (AvgIpc) is 2.52. The first kappa shape index (κ1) is 7.87. The van der Waals surface area contributed by atoms with Gasteiger partial charge in [0.05, 0.1) is 6.61 Å². The number of hydrogen-bond acceptors (Lipinski definition) is 4. The summed E-state index contributed by atoms with van der Waals surface area (Å²) in [7, 11) is 0. The second-order valence-corrected chi connectivity index (χ2v) is 2.03. The molecule has 0 spiro atoms. The SMILES string of the molecule is O=C(NCCO)[C@@H]1C=CN=N1. The molecule has 1 aliphatic heterocycles. The standard InChI is InChI=1S/C6H9N3O2/c10-4-3-7-6(11)5-1-2-8-9-5/h1-2,5,10H,3-4H2,(H,7,11)/t5-/m0/s1. The lowest BCUT2D eigenvalue weighted by Gasteiger charge is -2.03. The van der Waals surface area contributed by atoms with Gasteiger partial charge in [-0.05, 0) is 6.08 Å². The zero-order valence-corrected chi connectivity index (χ0v) is 5.90. The quantitative estimate of drug-likeness (QED) is 0.573. The molecule has 0 fully saturated rings. The van der Waals surface area contributed by atoms with Gasteiger partial charge in [-0.2, -0.15) is 10.2 Å². The normalized spacial score (nSPS) is 20.6. The molecule has 5 nitrogen and oxygen atoms in total. The van der Waals surface area contributed by atoms with Gasteiger partial charge in [-0.15, -0.1) is 0 Å². The van der Waals surface area contributed by atoms with Crippen LogP contribution in [0.25, 0.3) is 0 Å². The summed E-state index contributed by atoms with van der Waals surface area (Å²) in [4.78, 5) is 11.0. The van der Waals surface area contributed by atoms with Crippen LogP contribution < -0.4 is 5.32 Å². The number of amides is 1.